The molecule has 2 heteroatoms. The third kappa shape index (κ3) is 4.57. The van der Waals surface area contributed by atoms with Crippen LogP contribution in [0.2, 0.25) is 0 Å². The van der Waals surface area contributed by atoms with E-state index in [0.717, 1.165) is 55.5 Å². The maximum absolute atomic E-state index is 7.02. The molecule has 1 heterocycles. The standard InChI is InChI=1S/C48H31NO/c1-3-13-32(14-4-1)35-23-26-38(27-24-35)49(39-28-25-34-17-7-8-18-36(34)29-39)44-30-37(33-15-5-2-6-16-33)31-45-47(44)46-42-21-11-9-19-40(42)41-20-10-12-22-43(41)48(46)50-45/h1-31H. The summed E-state index contributed by atoms with van der Waals surface area (Å²) in [5, 5.41) is 9.37. The number of hydrogen-bond donors (Lipinski definition) is 0. The average molecular weight is 638 g/mol. The van der Waals surface area contributed by atoms with Crippen molar-refractivity contribution in [2.24, 2.45) is 0 Å². The Morgan fingerprint density at radius 2 is 0.880 bits per heavy atom. The van der Waals surface area contributed by atoms with Crippen molar-refractivity contribution in [2.45, 2.75) is 0 Å². The summed E-state index contributed by atoms with van der Waals surface area (Å²) in [5.41, 5.74) is 9.64. The summed E-state index contributed by atoms with van der Waals surface area (Å²) in [7, 11) is 0. The third-order valence-corrected chi connectivity index (χ3v) is 10.0. The minimum atomic E-state index is 0.865. The summed E-state index contributed by atoms with van der Waals surface area (Å²) in [4.78, 5) is 2.41. The van der Waals surface area contributed by atoms with E-state index in [-0.39, 0.29) is 0 Å². The molecule has 9 aromatic carbocycles. The molecule has 234 valence electrons. The maximum Gasteiger partial charge on any atom is 0.143 e. The molecule has 1 aromatic heterocycles. The van der Waals surface area contributed by atoms with Crippen molar-refractivity contribution in [3.8, 4) is 22.3 Å². The monoisotopic (exact) mass is 637 g/mol. The molecule has 0 aliphatic rings. The van der Waals surface area contributed by atoms with Crippen LogP contribution in [-0.2, 0) is 0 Å². The van der Waals surface area contributed by atoms with Gasteiger partial charge in [-0.25, -0.2) is 0 Å². The van der Waals surface area contributed by atoms with E-state index < -0.39 is 0 Å². The summed E-state index contributed by atoms with van der Waals surface area (Å²) in [6.07, 6.45) is 0. The Kier molecular flexibility index (Phi) is 6.53. The largest absolute Gasteiger partial charge is 0.455 e. The SMILES string of the molecule is c1ccc(-c2ccc(N(c3ccc4ccccc4c3)c3cc(-c4ccccc4)cc4oc5c6ccccc6c6ccccc6c5c34)cc2)cc1. The fourth-order valence-corrected chi connectivity index (χ4v) is 7.66. The molecular formula is C48H31NO. The lowest BCUT2D eigenvalue weighted by Gasteiger charge is -2.27. The number of furan rings is 1. The first kappa shape index (κ1) is 28.4. The van der Waals surface area contributed by atoms with Gasteiger partial charge in [-0.2, -0.15) is 0 Å². The molecule has 10 aromatic rings. The van der Waals surface area contributed by atoms with Crippen LogP contribution in [0.4, 0.5) is 17.1 Å². The van der Waals surface area contributed by atoms with Crippen molar-refractivity contribution in [1.29, 1.82) is 0 Å². The molecular weight excluding hydrogens is 607 g/mol. The minimum absolute atomic E-state index is 0.865. The minimum Gasteiger partial charge on any atom is -0.455 e. The highest BCUT2D eigenvalue weighted by molar-refractivity contribution is 6.32. The van der Waals surface area contributed by atoms with Crippen molar-refractivity contribution >= 4 is 71.3 Å². The number of anilines is 3. The summed E-state index contributed by atoms with van der Waals surface area (Å²) in [6.45, 7) is 0. The van der Waals surface area contributed by atoms with Gasteiger partial charge in [-0.1, -0.05) is 152 Å². The Morgan fingerprint density at radius 1 is 0.340 bits per heavy atom. The predicted molar refractivity (Wildman–Crippen MR) is 212 cm³/mol. The zero-order valence-electron chi connectivity index (χ0n) is 27.3. The Morgan fingerprint density at radius 3 is 1.60 bits per heavy atom. The van der Waals surface area contributed by atoms with Crippen LogP contribution in [0.3, 0.4) is 0 Å². The van der Waals surface area contributed by atoms with E-state index in [1.54, 1.807) is 0 Å². The zero-order chi connectivity index (χ0) is 33.0. The molecule has 50 heavy (non-hydrogen) atoms. The summed E-state index contributed by atoms with van der Waals surface area (Å²) >= 11 is 0. The summed E-state index contributed by atoms with van der Waals surface area (Å²) in [6, 6.07) is 67.4. The van der Waals surface area contributed by atoms with Crippen LogP contribution < -0.4 is 4.90 Å². The Hall–Kier alpha value is -6.64. The molecule has 0 fully saturated rings. The molecule has 0 N–H and O–H groups in total. The van der Waals surface area contributed by atoms with Crippen LogP contribution in [0.1, 0.15) is 0 Å². The van der Waals surface area contributed by atoms with Gasteiger partial charge in [0.25, 0.3) is 0 Å². The first-order valence-corrected chi connectivity index (χ1v) is 17.1. The van der Waals surface area contributed by atoms with Gasteiger partial charge in [0.05, 0.1) is 11.1 Å². The molecule has 0 amide bonds. The van der Waals surface area contributed by atoms with E-state index in [4.69, 9.17) is 4.42 Å². The van der Waals surface area contributed by atoms with Crippen molar-refractivity contribution in [3.05, 3.63) is 188 Å². The van der Waals surface area contributed by atoms with Crippen molar-refractivity contribution in [3.63, 3.8) is 0 Å². The molecule has 0 radical (unpaired) electrons. The molecule has 10 rings (SSSR count). The molecule has 0 atom stereocenters. The second-order valence-electron chi connectivity index (χ2n) is 12.9. The number of nitrogens with zero attached hydrogens (tertiary/aromatic N) is 1. The lowest BCUT2D eigenvalue weighted by molar-refractivity contribution is 0.673. The topological polar surface area (TPSA) is 16.4 Å². The van der Waals surface area contributed by atoms with Gasteiger partial charge in [-0.3, -0.25) is 0 Å². The van der Waals surface area contributed by atoms with Gasteiger partial charge in [0.2, 0.25) is 0 Å². The van der Waals surface area contributed by atoms with Gasteiger partial charge in [-0.15, -0.1) is 0 Å². The van der Waals surface area contributed by atoms with Crippen LogP contribution in [0.5, 0.6) is 0 Å². The highest BCUT2D eigenvalue weighted by Crippen LogP contribution is 2.49. The normalized spacial score (nSPS) is 11.6. The predicted octanol–water partition coefficient (Wildman–Crippen LogP) is 13.8. The molecule has 2 nitrogen and oxygen atoms in total. The number of hydrogen-bond acceptors (Lipinski definition) is 2. The second-order valence-corrected chi connectivity index (χ2v) is 12.9. The molecule has 0 aliphatic heterocycles. The molecule has 0 saturated heterocycles. The highest BCUT2D eigenvalue weighted by atomic mass is 16.3. The van der Waals surface area contributed by atoms with Crippen molar-refractivity contribution in [2.75, 3.05) is 4.90 Å². The van der Waals surface area contributed by atoms with Gasteiger partial charge in [0, 0.05) is 22.1 Å². The quantitative estimate of drug-likeness (QED) is 0.175. The molecule has 0 spiro atoms. The summed E-state index contributed by atoms with van der Waals surface area (Å²) < 4.78 is 7.02. The summed E-state index contributed by atoms with van der Waals surface area (Å²) in [5.74, 6) is 0. The number of benzene rings is 9. The van der Waals surface area contributed by atoms with E-state index in [2.05, 4.69) is 193 Å². The molecule has 0 bridgehead atoms. The lowest BCUT2D eigenvalue weighted by atomic mass is 9.95. The van der Waals surface area contributed by atoms with Gasteiger partial charge in [0.15, 0.2) is 0 Å². The molecule has 0 aliphatic carbocycles. The first-order valence-electron chi connectivity index (χ1n) is 17.1. The average Bonchev–Trinajstić information content (AvgIpc) is 3.59. The van der Waals surface area contributed by atoms with Crippen LogP contribution in [0, 0.1) is 0 Å². The van der Waals surface area contributed by atoms with Crippen molar-refractivity contribution in [1.82, 2.24) is 0 Å². The van der Waals surface area contributed by atoms with Gasteiger partial charge in [0.1, 0.15) is 11.2 Å². The second kappa shape index (κ2) is 11.5. The van der Waals surface area contributed by atoms with E-state index in [1.807, 2.05) is 0 Å². The van der Waals surface area contributed by atoms with Crippen molar-refractivity contribution < 1.29 is 4.42 Å². The van der Waals surface area contributed by atoms with Crippen LogP contribution >= 0.6 is 0 Å². The lowest BCUT2D eigenvalue weighted by Crippen LogP contribution is -2.10. The van der Waals surface area contributed by atoms with Crippen LogP contribution in [0.25, 0.3) is 76.5 Å². The van der Waals surface area contributed by atoms with E-state index >= 15 is 0 Å². The fourth-order valence-electron chi connectivity index (χ4n) is 7.66. The van der Waals surface area contributed by atoms with E-state index in [9.17, 15) is 0 Å². The smallest absolute Gasteiger partial charge is 0.143 e. The number of rotatable bonds is 5. The van der Waals surface area contributed by atoms with E-state index in [1.165, 1.54) is 38.1 Å². The zero-order valence-corrected chi connectivity index (χ0v) is 27.3. The van der Waals surface area contributed by atoms with Crippen LogP contribution in [0.15, 0.2) is 192 Å². The first-order chi connectivity index (χ1) is 24.8. The highest BCUT2D eigenvalue weighted by Gasteiger charge is 2.24. The van der Waals surface area contributed by atoms with Gasteiger partial charge < -0.3 is 9.32 Å². The molecule has 0 unspecified atom stereocenters. The molecule has 0 saturated carbocycles. The fraction of sp³-hybridized carbons (Fsp3) is 0. The Labute approximate surface area is 290 Å². The van der Waals surface area contributed by atoms with E-state index in [0.29, 0.717) is 0 Å². The third-order valence-electron chi connectivity index (χ3n) is 10.0. The number of fused-ring (bicyclic) bond motifs is 9. The Bertz CT molecular complexity index is 2850. The van der Waals surface area contributed by atoms with Crippen LogP contribution in [-0.4, -0.2) is 0 Å². The van der Waals surface area contributed by atoms with Gasteiger partial charge in [-0.05, 0) is 85.6 Å². The maximum atomic E-state index is 7.02. The van der Waals surface area contributed by atoms with Gasteiger partial charge >= 0.3 is 0 Å². The Balaban J connectivity index is 1.34.